The van der Waals surface area contributed by atoms with Crippen LogP contribution in [0.3, 0.4) is 0 Å². The van der Waals surface area contributed by atoms with E-state index in [1.54, 1.807) is 45.5 Å². The predicted molar refractivity (Wildman–Crippen MR) is 130 cm³/mol. The van der Waals surface area contributed by atoms with E-state index in [9.17, 15) is 14.2 Å². The highest BCUT2D eigenvalue weighted by molar-refractivity contribution is 7.59. The summed E-state index contributed by atoms with van der Waals surface area (Å²) in [5, 5.41) is 5.54. The molecule has 14 heteroatoms. The van der Waals surface area contributed by atoms with Crippen molar-refractivity contribution in [2.24, 2.45) is 0 Å². The molecule has 196 valence electrons. The second-order valence-electron chi connectivity index (χ2n) is 8.85. The number of hydrogen-bond acceptors (Lipinski definition) is 10. The van der Waals surface area contributed by atoms with E-state index in [1.165, 1.54) is 20.2 Å². The number of ether oxygens (including phenoxy) is 3. The van der Waals surface area contributed by atoms with Crippen molar-refractivity contribution >= 4 is 36.4 Å². The Morgan fingerprint density at radius 2 is 1.51 bits per heavy atom. The molecule has 0 amide bonds. The lowest BCUT2D eigenvalue weighted by molar-refractivity contribution is -0.149. The SMILES string of the molecule is CC(C)OC(=O)[C@H](C)NP(=O)(CO[C@H](C)Cn1cnc2c(N)ncnc21)N[C@H](C)C(=O)OC(C)C. The summed E-state index contributed by atoms with van der Waals surface area (Å²) in [6.45, 7) is 12.1. The summed E-state index contributed by atoms with van der Waals surface area (Å²) in [5.41, 5.74) is 6.85. The molecule has 1 unspecified atom stereocenters. The number of fused-ring (bicyclic) bond motifs is 1. The van der Waals surface area contributed by atoms with Crippen molar-refractivity contribution in [3.63, 3.8) is 0 Å². The first-order valence-corrected chi connectivity index (χ1v) is 13.3. The van der Waals surface area contributed by atoms with Crippen LogP contribution in [-0.2, 0) is 34.9 Å². The Bertz CT molecular complexity index is 1030. The lowest BCUT2D eigenvalue weighted by Crippen LogP contribution is -2.43. The van der Waals surface area contributed by atoms with Crippen LogP contribution in [0, 0.1) is 0 Å². The predicted octanol–water partition coefficient (Wildman–Crippen LogP) is 1.82. The number of anilines is 1. The molecule has 0 saturated heterocycles. The van der Waals surface area contributed by atoms with Gasteiger partial charge in [0.15, 0.2) is 11.5 Å². The number of rotatable bonds is 13. The fraction of sp³-hybridized carbons (Fsp3) is 0.667. The molecule has 0 spiro atoms. The van der Waals surface area contributed by atoms with Gasteiger partial charge < -0.3 is 24.5 Å². The van der Waals surface area contributed by atoms with Crippen LogP contribution in [0.15, 0.2) is 12.7 Å². The van der Waals surface area contributed by atoms with Crippen LogP contribution in [-0.4, -0.2) is 68.2 Å². The van der Waals surface area contributed by atoms with Gasteiger partial charge in [0.05, 0.1) is 31.2 Å². The van der Waals surface area contributed by atoms with Gasteiger partial charge in [0.1, 0.15) is 30.3 Å². The molecule has 0 fully saturated rings. The molecule has 13 nitrogen and oxygen atoms in total. The van der Waals surface area contributed by atoms with Crippen LogP contribution in [0.5, 0.6) is 0 Å². The molecule has 2 rings (SSSR count). The van der Waals surface area contributed by atoms with E-state index in [2.05, 4.69) is 25.1 Å². The maximum atomic E-state index is 13.8. The third-order valence-corrected chi connectivity index (χ3v) is 6.76. The van der Waals surface area contributed by atoms with Gasteiger partial charge in [0.25, 0.3) is 0 Å². The van der Waals surface area contributed by atoms with Crippen LogP contribution in [0.25, 0.3) is 11.2 Å². The molecule has 2 aromatic rings. The van der Waals surface area contributed by atoms with Crippen LogP contribution in [0.4, 0.5) is 5.82 Å². The minimum absolute atomic E-state index is 0.268. The highest BCUT2D eigenvalue weighted by Crippen LogP contribution is 2.38. The second-order valence-corrected chi connectivity index (χ2v) is 11.1. The van der Waals surface area contributed by atoms with Gasteiger partial charge in [-0.05, 0) is 48.5 Å². The zero-order chi connectivity index (χ0) is 26.3. The lowest BCUT2D eigenvalue weighted by atomic mass is 10.4. The van der Waals surface area contributed by atoms with Gasteiger partial charge in [-0.25, -0.2) is 25.1 Å². The first kappa shape index (κ1) is 28.6. The number of hydrogen-bond donors (Lipinski definition) is 3. The van der Waals surface area contributed by atoms with E-state index >= 15 is 0 Å². The van der Waals surface area contributed by atoms with E-state index in [1.807, 2.05) is 0 Å². The quantitative estimate of drug-likeness (QED) is 0.262. The molecule has 0 saturated carbocycles. The third-order valence-electron chi connectivity index (χ3n) is 4.64. The van der Waals surface area contributed by atoms with Gasteiger partial charge in [-0.1, -0.05) is 0 Å². The molecule has 0 aliphatic carbocycles. The fourth-order valence-corrected chi connectivity index (χ4v) is 5.26. The molecule has 2 aromatic heterocycles. The Morgan fingerprint density at radius 3 is 2.03 bits per heavy atom. The van der Waals surface area contributed by atoms with Gasteiger partial charge >= 0.3 is 11.9 Å². The Kier molecular flexibility index (Phi) is 10.1. The van der Waals surface area contributed by atoms with Crippen LogP contribution in [0.1, 0.15) is 48.5 Å². The van der Waals surface area contributed by atoms with E-state index in [0.717, 1.165) is 0 Å². The zero-order valence-corrected chi connectivity index (χ0v) is 22.1. The zero-order valence-electron chi connectivity index (χ0n) is 21.2. The number of imidazole rings is 1. The Labute approximate surface area is 205 Å². The average molecular weight is 514 g/mol. The van der Waals surface area contributed by atoms with Gasteiger partial charge in [-0.3, -0.25) is 14.2 Å². The molecule has 35 heavy (non-hydrogen) atoms. The molecule has 0 aliphatic heterocycles. The molecular weight excluding hydrogens is 477 g/mol. The monoisotopic (exact) mass is 513 g/mol. The lowest BCUT2D eigenvalue weighted by Gasteiger charge is -2.28. The van der Waals surface area contributed by atoms with Crippen molar-refractivity contribution in [1.29, 1.82) is 0 Å². The average Bonchev–Trinajstić information content (AvgIpc) is 3.15. The maximum absolute atomic E-state index is 13.8. The van der Waals surface area contributed by atoms with Crippen molar-refractivity contribution in [3.05, 3.63) is 12.7 Å². The standard InChI is InChI=1S/C21H36N7O6P/c1-12(2)33-20(29)15(6)26-35(31,27-16(7)21(30)34-13(3)4)11-32-14(5)8-28-10-25-17-18(22)23-9-24-19(17)28/h9-10,12-16H,8,11H2,1-7H3,(H2,22,23,24)(H2,26,27,31)/t14-,15-,16+,35?/m1/s1. The minimum atomic E-state index is -3.62. The largest absolute Gasteiger partial charge is 0.462 e. The van der Waals surface area contributed by atoms with Crippen LogP contribution < -0.4 is 15.9 Å². The van der Waals surface area contributed by atoms with Gasteiger partial charge in [-0.2, -0.15) is 0 Å². The summed E-state index contributed by atoms with van der Waals surface area (Å²) in [4.78, 5) is 36.9. The highest BCUT2D eigenvalue weighted by atomic mass is 31.2. The number of carbonyl (C=O) groups excluding carboxylic acids is 2. The highest BCUT2D eigenvalue weighted by Gasteiger charge is 2.33. The first-order chi connectivity index (χ1) is 16.3. The summed E-state index contributed by atoms with van der Waals surface area (Å²) in [5.74, 6) is -0.881. The van der Waals surface area contributed by atoms with Crippen molar-refractivity contribution in [1.82, 2.24) is 29.7 Å². The fourth-order valence-electron chi connectivity index (χ4n) is 3.11. The normalized spacial score (nSPS) is 16.1. The number of nitrogens with two attached hydrogens (primary N) is 1. The van der Waals surface area contributed by atoms with E-state index in [-0.39, 0.29) is 24.4 Å². The van der Waals surface area contributed by atoms with E-state index in [0.29, 0.717) is 17.7 Å². The Morgan fingerprint density at radius 1 is 0.971 bits per heavy atom. The van der Waals surface area contributed by atoms with Crippen molar-refractivity contribution in [3.8, 4) is 0 Å². The third kappa shape index (κ3) is 8.53. The number of esters is 2. The van der Waals surface area contributed by atoms with Crippen LogP contribution in [0.2, 0.25) is 0 Å². The summed E-state index contributed by atoms with van der Waals surface area (Å²) >= 11 is 0. The number of aromatic nitrogens is 4. The molecule has 0 bridgehead atoms. The summed E-state index contributed by atoms with van der Waals surface area (Å²) in [7, 11) is -3.62. The van der Waals surface area contributed by atoms with Gasteiger partial charge in [0.2, 0.25) is 7.44 Å². The smallest absolute Gasteiger partial charge is 0.323 e. The number of nitrogen functional groups attached to an aromatic ring is 1. The molecule has 0 aliphatic rings. The van der Waals surface area contributed by atoms with Gasteiger partial charge in [0, 0.05) is 0 Å². The number of carbonyl (C=O) groups is 2. The summed E-state index contributed by atoms with van der Waals surface area (Å²) in [6, 6.07) is -1.83. The molecule has 4 atom stereocenters. The molecule has 4 N–H and O–H groups in total. The van der Waals surface area contributed by atoms with Crippen molar-refractivity contribution in [2.75, 3.05) is 12.1 Å². The minimum Gasteiger partial charge on any atom is -0.462 e. The Balaban J connectivity index is 2.12. The molecule has 0 aromatic carbocycles. The van der Waals surface area contributed by atoms with Gasteiger partial charge in [-0.15, -0.1) is 0 Å². The van der Waals surface area contributed by atoms with E-state index < -0.39 is 37.6 Å². The second kappa shape index (κ2) is 12.4. The van der Waals surface area contributed by atoms with Crippen molar-refractivity contribution in [2.45, 2.75) is 85.4 Å². The summed E-state index contributed by atoms with van der Waals surface area (Å²) in [6.07, 6.45) is 1.50. The van der Waals surface area contributed by atoms with E-state index in [4.69, 9.17) is 19.9 Å². The number of nitrogens with one attached hydrogen (secondary N) is 2. The molecular formula is C21H36N7O6P. The summed E-state index contributed by atoms with van der Waals surface area (Å²) < 4.78 is 31.8. The maximum Gasteiger partial charge on any atom is 0.323 e. The topological polar surface area (TPSA) is 173 Å². The number of nitrogens with zero attached hydrogens (tertiary/aromatic N) is 4. The van der Waals surface area contributed by atoms with Crippen LogP contribution >= 0.6 is 7.44 Å². The molecule has 0 radical (unpaired) electrons. The molecule has 2 heterocycles. The first-order valence-electron chi connectivity index (χ1n) is 11.4. The van der Waals surface area contributed by atoms with Crippen molar-refractivity contribution < 1.29 is 28.4 Å². The Hall–Kier alpha value is -2.60.